The van der Waals surface area contributed by atoms with Crippen molar-refractivity contribution in [1.82, 2.24) is 0 Å². The fourth-order valence-electron chi connectivity index (χ4n) is 11.0. The van der Waals surface area contributed by atoms with Crippen LogP contribution in [0.5, 0.6) is 0 Å². The van der Waals surface area contributed by atoms with Crippen molar-refractivity contribution in [2.24, 2.45) is 0 Å². The minimum atomic E-state index is 0.0444. The molecule has 0 aliphatic carbocycles. The summed E-state index contributed by atoms with van der Waals surface area (Å²) in [6.45, 7) is 11.5. The molecule has 0 saturated heterocycles. The van der Waals surface area contributed by atoms with Gasteiger partial charge in [-0.25, -0.2) is 0 Å². The molecule has 0 radical (unpaired) electrons. The molecule has 2 aliphatic rings. The third-order valence-electron chi connectivity index (χ3n) is 14.3. The van der Waals surface area contributed by atoms with Gasteiger partial charge in [0.1, 0.15) is 22.3 Å². The Hall–Kier alpha value is -7.76. The molecule has 0 saturated carbocycles. The summed E-state index contributed by atoms with van der Waals surface area (Å²) in [6.07, 6.45) is 0. The Morgan fingerprint density at radius 1 is 0.409 bits per heavy atom. The van der Waals surface area contributed by atoms with Crippen molar-refractivity contribution in [2.75, 3.05) is 9.80 Å². The minimum absolute atomic E-state index is 0.0444. The Labute approximate surface area is 385 Å². The maximum absolute atomic E-state index is 6.51. The average Bonchev–Trinajstić information content (AvgIpc) is 3.93. The molecular formula is C61H47BN2O2. The molecule has 2 aromatic heterocycles. The second kappa shape index (κ2) is 14.6. The number of para-hydroxylation sites is 4. The summed E-state index contributed by atoms with van der Waals surface area (Å²) in [5.74, 6) is 0.761. The van der Waals surface area contributed by atoms with Gasteiger partial charge in [-0.2, -0.15) is 0 Å². The van der Waals surface area contributed by atoms with Crippen molar-refractivity contribution in [3.8, 4) is 22.3 Å². The second-order valence-electron chi connectivity index (χ2n) is 18.9. The summed E-state index contributed by atoms with van der Waals surface area (Å²) in [5.41, 5.74) is 23.1. The van der Waals surface area contributed by atoms with Gasteiger partial charge in [-0.05, 0) is 124 Å². The summed E-state index contributed by atoms with van der Waals surface area (Å²) in [6, 6.07) is 67.0. The maximum atomic E-state index is 6.51. The highest BCUT2D eigenvalue weighted by Crippen LogP contribution is 2.47. The Balaban J connectivity index is 0.990. The van der Waals surface area contributed by atoms with Gasteiger partial charge in [0, 0.05) is 66.8 Å². The molecule has 5 heteroatoms. The van der Waals surface area contributed by atoms with Gasteiger partial charge in [0.15, 0.2) is 0 Å². The van der Waals surface area contributed by atoms with Gasteiger partial charge in [0.2, 0.25) is 0 Å². The molecule has 4 nitrogen and oxygen atoms in total. The van der Waals surface area contributed by atoms with Crippen LogP contribution >= 0.6 is 0 Å². The fraction of sp³-hybridized carbons (Fsp3) is 0.115. The molecule has 4 heterocycles. The van der Waals surface area contributed by atoms with Crippen LogP contribution in [0, 0.1) is 6.92 Å². The zero-order valence-electron chi connectivity index (χ0n) is 37.8. The number of hydrogen-bond donors (Lipinski definition) is 0. The van der Waals surface area contributed by atoms with E-state index in [1.807, 2.05) is 12.1 Å². The third-order valence-corrected chi connectivity index (χ3v) is 14.3. The van der Waals surface area contributed by atoms with Crippen LogP contribution in [0.15, 0.2) is 191 Å². The van der Waals surface area contributed by atoms with Crippen molar-refractivity contribution in [1.29, 1.82) is 0 Å². The van der Waals surface area contributed by atoms with Crippen molar-refractivity contribution >= 4 is 101 Å². The summed E-state index contributed by atoms with van der Waals surface area (Å²) in [5, 5.41) is 4.56. The number of rotatable bonds is 6. The topological polar surface area (TPSA) is 32.8 Å². The van der Waals surface area contributed by atoms with Crippen LogP contribution < -0.4 is 26.2 Å². The highest BCUT2D eigenvalue weighted by atomic mass is 16.3. The number of nitrogens with zero attached hydrogens (tertiary/aromatic N) is 2. The van der Waals surface area contributed by atoms with Crippen LogP contribution in [0.3, 0.4) is 0 Å². The predicted octanol–water partition coefficient (Wildman–Crippen LogP) is 15.5. The zero-order valence-corrected chi connectivity index (χ0v) is 37.8. The monoisotopic (exact) mass is 850 g/mol. The second-order valence-corrected chi connectivity index (χ2v) is 18.9. The molecule has 0 N–H and O–H groups in total. The normalized spacial score (nSPS) is 13.1. The summed E-state index contributed by atoms with van der Waals surface area (Å²) < 4.78 is 13.0. The Kier molecular flexibility index (Phi) is 8.58. The van der Waals surface area contributed by atoms with Crippen LogP contribution in [0.4, 0.5) is 34.1 Å². The molecule has 11 aromatic rings. The van der Waals surface area contributed by atoms with Gasteiger partial charge in [-0.3, -0.25) is 0 Å². The number of hydrogen-bond acceptors (Lipinski definition) is 4. The molecule has 0 fully saturated rings. The van der Waals surface area contributed by atoms with Crippen LogP contribution in [-0.4, -0.2) is 6.71 Å². The zero-order chi connectivity index (χ0) is 44.4. The van der Waals surface area contributed by atoms with E-state index in [4.69, 9.17) is 8.83 Å². The first-order valence-electron chi connectivity index (χ1n) is 23.3. The number of benzene rings is 9. The molecule has 0 unspecified atom stereocenters. The standard InChI is InChI=1S/C61H47BN2O2/c1-36(2)41-25-31-53-52(34-41)62-51-30-24-42(37(3)4)35-54(51)64(44-28-22-40(23-29-44)46-15-11-17-50-48-13-7-9-19-58(48)66-61(46)50)56-33-38(5)32-55(59(56)62)63(53)43-26-20-39(21-27-43)45-14-10-16-49-47-12-6-8-18-57(47)65-60(45)49/h6-37H,1-5H3. The molecule has 0 amide bonds. The van der Waals surface area contributed by atoms with Gasteiger partial charge in [-0.1, -0.05) is 149 Å². The van der Waals surface area contributed by atoms with Crippen molar-refractivity contribution in [3.05, 3.63) is 199 Å². The number of furan rings is 2. The predicted molar refractivity (Wildman–Crippen MR) is 279 cm³/mol. The largest absolute Gasteiger partial charge is 0.455 e. The van der Waals surface area contributed by atoms with E-state index in [1.165, 1.54) is 55.8 Å². The Morgan fingerprint density at radius 3 is 1.44 bits per heavy atom. The SMILES string of the molecule is Cc1cc2c3c(c1)N(c1ccc(-c4cccc5c4oc4ccccc45)cc1)c1cc(C(C)C)ccc1B3c1cc(C(C)C)ccc1N2c1ccc(-c2cccc3c2oc2ccccc23)cc1. The summed E-state index contributed by atoms with van der Waals surface area (Å²) >= 11 is 0. The van der Waals surface area contributed by atoms with E-state index in [9.17, 15) is 0 Å². The van der Waals surface area contributed by atoms with Crippen molar-refractivity contribution < 1.29 is 8.83 Å². The lowest BCUT2D eigenvalue weighted by molar-refractivity contribution is 0.669. The van der Waals surface area contributed by atoms with E-state index >= 15 is 0 Å². The Morgan fingerprint density at radius 2 is 0.894 bits per heavy atom. The van der Waals surface area contributed by atoms with E-state index in [0.717, 1.165) is 77.5 Å². The molecule has 0 atom stereocenters. The van der Waals surface area contributed by atoms with E-state index in [2.05, 4.69) is 214 Å². The van der Waals surface area contributed by atoms with Crippen LogP contribution in [-0.2, 0) is 0 Å². The quantitative estimate of drug-likeness (QED) is 0.156. The fourth-order valence-corrected chi connectivity index (χ4v) is 11.0. The number of aryl methyl sites for hydroxylation is 1. The van der Waals surface area contributed by atoms with Crippen molar-refractivity contribution in [2.45, 2.75) is 46.5 Å². The number of fused-ring (bicyclic) bond motifs is 10. The molecule has 9 aromatic carbocycles. The van der Waals surface area contributed by atoms with E-state index in [1.54, 1.807) is 0 Å². The first-order valence-corrected chi connectivity index (χ1v) is 23.3. The highest BCUT2D eigenvalue weighted by Gasteiger charge is 2.43. The molecule has 316 valence electrons. The molecular weight excluding hydrogens is 803 g/mol. The smallest absolute Gasteiger partial charge is 0.252 e. The lowest BCUT2D eigenvalue weighted by atomic mass is 9.33. The maximum Gasteiger partial charge on any atom is 0.252 e. The number of anilines is 6. The summed E-state index contributed by atoms with van der Waals surface area (Å²) in [7, 11) is 0. The molecule has 13 rings (SSSR count). The van der Waals surface area contributed by atoms with Crippen LogP contribution in [0.2, 0.25) is 0 Å². The minimum Gasteiger partial charge on any atom is -0.455 e. The van der Waals surface area contributed by atoms with E-state index < -0.39 is 0 Å². The van der Waals surface area contributed by atoms with Crippen LogP contribution in [0.25, 0.3) is 66.1 Å². The Bertz CT molecular complexity index is 3740. The molecule has 66 heavy (non-hydrogen) atoms. The lowest BCUT2D eigenvalue weighted by Gasteiger charge is -2.44. The summed E-state index contributed by atoms with van der Waals surface area (Å²) in [4.78, 5) is 5.04. The molecule has 0 spiro atoms. The highest BCUT2D eigenvalue weighted by molar-refractivity contribution is 7.00. The van der Waals surface area contributed by atoms with Gasteiger partial charge in [0.25, 0.3) is 6.71 Å². The van der Waals surface area contributed by atoms with Gasteiger partial charge >= 0.3 is 0 Å². The first-order chi connectivity index (χ1) is 32.3. The lowest BCUT2D eigenvalue weighted by Crippen LogP contribution is -2.61. The molecule has 2 aliphatic heterocycles. The van der Waals surface area contributed by atoms with Crippen LogP contribution in [0.1, 0.15) is 56.2 Å². The molecule has 0 bridgehead atoms. The first kappa shape index (κ1) is 38.7. The van der Waals surface area contributed by atoms with E-state index in [-0.39, 0.29) is 6.71 Å². The average molecular weight is 851 g/mol. The van der Waals surface area contributed by atoms with Crippen molar-refractivity contribution in [3.63, 3.8) is 0 Å². The third kappa shape index (κ3) is 5.79. The van der Waals surface area contributed by atoms with Gasteiger partial charge < -0.3 is 18.6 Å². The van der Waals surface area contributed by atoms with Gasteiger partial charge in [0.05, 0.1) is 0 Å². The van der Waals surface area contributed by atoms with Gasteiger partial charge in [-0.15, -0.1) is 0 Å². The van der Waals surface area contributed by atoms with E-state index in [0.29, 0.717) is 11.8 Å².